The number of fused-ring (bicyclic) bond motifs is 1. The third kappa shape index (κ3) is 5.65. The van der Waals surface area contributed by atoms with Crippen molar-refractivity contribution >= 4 is 21.7 Å². The van der Waals surface area contributed by atoms with Crippen molar-refractivity contribution in [3.05, 3.63) is 29.8 Å². The lowest BCUT2D eigenvalue weighted by molar-refractivity contribution is -0.00683. The monoisotopic (exact) mass is 437 g/mol. The molecule has 0 aliphatic carbocycles. The van der Waals surface area contributed by atoms with E-state index >= 15 is 0 Å². The first kappa shape index (κ1) is 22.8. The highest BCUT2D eigenvalue weighted by molar-refractivity contribution is 7.92. The Morgan fingerprint density at radius 2 is 1.90 bits per heavy atom. The quantitative estimate of drug-likeness (QED) is 0.467. The van der Waals surface area contributed by atoms with E-state index in [1.54, 1.807) is 0 Å². The Morgan fingerprint density at radius 3 is 2.63 bits per heavy atom. The van der Waals surface area contributed by atoms with E-state index in [1.807, 2.05) is 31.2 Å². The van der Waals surface area contributed by atoms with E-state index in [9.17, 15) is 8.42 Å². The number of benzene rings is 1. The van der Waals surface area contributed by atoms with Crippen molar-refractivity contribution < 1.29 is 13.2 Å². The molecule has 168 valence electrons. The van der Waals surface area contributed by atoms with Gasteiger partial charge in [-0.2, -0.15) is 0 Å². The highest BCUT2D eigenvalue weighted by Gasteiger charge is 2.29. The number of aliphatic imine (C=N–C) groups is 1. The number of guanidine groups is 1. The minimum atomic E-state index is -3.38. The van der Waals surface area contributed by atoms with Gasteiger partial charge < -0.3 is 15.4 Å². The number of sulfonamides is 1. The fourth-order valence-corrected chi connectivity index (χ4v) is 5.32. The van der Waals surface area contributed by atoms with Gasteiger partial charge in [-0.15, -0.1) is 0 Å². The number of ether oxygens (including phenoxy) is 1. The molecule has 0 amide bonds. The molecule has 1 aromatic carbocycles. The lowest BCUT2D eigenvalue weighted by atomic mass is 10.0. The Labute approximate surface area is 180 Å². The molecule has 2 aliphatic heterocycles. The average molecular weight is 438 g/mol. The molecule has 3 rings (SSSR count). The van der Waals surface area contributed by atoms with E-state index in [2.05, 4.69) is 29.4 Å². The van der Waals surface area contributed by atoms with Crippen LogP contribution in [0.2, 0.25) is 0 Å². The van der Waals surface area contributed by atoms with E-state index in [0.29, 0.717) is 25.6 Å². The SMILES string of the molecule is CCNC(=NCC(C)(C)N1CCOCC1)NCCS(=O)(=O)N1CCc2ccccc21. The number of nitrogens with one attached hydrogen (secondary N) is 2. The van der Waals surface area contributed by atoms with Gasteiger partial charge in [0, 0.05) is 38.3 Å². The van der Waals surface area contributed by atoms with Gasteiger partial charge >= 0.3 is 0 Å². The summed E-state index contributed by atoms with van der Waals surface area (Å²) in [5, 5.41) is 6.41. The van der Waals surface area contributed by atoms with Gasteiger partial charge in [0.05, 0.1) is 31.2 Å². The predicted octanol–water partition coefficient (Wildman–Crippen LogP) is 1.04. The second-order valence-electron chi connectivity index (χ2n) is 8.30. The number of morpholine rings is 1. The molecule has 2 N–H and O–H groups in total. The number of hydrogen-bond acceptors (Lipinski definition) is 5. The predicted molar refractivity (Wildman–Crippen MR) is 122 cm³/mol. The van der Waals surface area contributed by atoms with E-state index in [4.69, 9.17) is 9.73 Å². The minimum Gasteiger partial charge on any atom is -0.379 e. The van der Waals surface area contributed by atoms with Crippen molar-refractivity contribution in [3.8, 4) is 0 Å². The summed E-state index contributed by atoms with van der Waals surface area (Å²) in [5.41, 5.74) is 1.82. The molecule has 0 radical (unpaired) electrons. The fraction of sp³-hybridized carbons (Fsp3) is 0.667. The van der Waals surface area contributed by atoms with Gasteiger partial charge in [0.15, 0.2) is 5.96 Å². The smallest absolute Gasteiger partial charge is 0.236 e. The van der Waals surface area contributed by atoms with Gasteiger partial charge in [0.25, 0.3) is 0 Å². The van der Waals surface area contributed by atoms with Gasteiger partial charge in [0.1, 0.15) is 0 Å². The van der Waals surface area contributed by atoms with Crippen molar-refractivity contribution in [1.82, 2.24) is 15.5 Å². The van der Waals surface area contributed by atoms with Crippen LogP contribution in [0, 0.1) is 0 Å². The normalized spacial score (nSPS) is 18.4. The zero-order valence-corrected chi connectivity index (χ0v) is 19.2. The molecule has 9 heteroatoms. The van der Waals surface area contributed by atoms with E-state index < -0.39 is 10.0 Å². The Balaban J connectivity index is 1.56. The molecular weight excluding hydrogens is 402 g/mol. The van der Waals surface area contributed by atoms with Gasteiger partial charge in [0.2, 0.25) is 10.0 Å². The van der Waals surface area contributed by atoms with Crippen LogP contribution in [0.15, 0.2) is 29.3 Å². The molecule has 0 atom stereocenters. The molecular formula is C21H35N5O3S. The molecule has 0 saturated carbocycles. The van der Waals surface area contributed by atoms with E-state index in [0.717, 1.165) is 50.5 Å². The summed E-state index contributed by atoms with van der Waals surface area (Å²) in [6.45, 7) is 11.8. The third-order valence-electron chi connectivity index (χ3n) is 5.67. The molecule has 2 heterocycles. The molecule has 30 heavy (non-hydrogen) atoms. The van der Waals surface area contributed by atoms with Crippen LogP contribution in [0.25, 0.3) is 0 Å². The van der Waals surface area contributed by atoms with Crippen LogP contribution >= 0.6 is 0 Å². The van der Waals surface area contributed by atoms with Crippen LogP contribution in [0.1, 0.15) is 26.3 Å². The van der Waals surface area contributed by atoms with Crippen LogP contribution < -0.4 is 14.9 Å². The summed E-state index contributed by atoms with van der Waals surface area (Å²) in [4.78, 5) is 7.10. The highest BCUT2D eigenvalue weighted by Crippen LogP contribution is 2.29. The van der Waals surface area contributed by atoms with Crippen LogP contribution in [0.4, 0.5) is 5.69 Å². The van der Waals surface area contributed by atoms with Crippen LogP contribution in [0.3, 0.4) is 0 Å². The molecule has 1 fully saturated rings. The lowest BCUT2D eigenvalue weighted by Gasteiger charge is -2.39. The molecule has 0 unspecified atom stereocenters. The third-order valence-corrected chi connectivity index (χ3v) is 7.44. The fourth-order valence-electron chi connectivity index (χ4n) is 3.89. The molecule has 0 bridgehead atoms. The van der Waals surface area contributed by atoms with Crippen molar-refractivity contribution in [2.45, 2.75) is 32.7 Å². The summed E-state index contributed by atoms with van der Waals surface area (Å²) >= 11 is 0. The Bertz CT molecular complexity index is 835. The molecule has 0 spiro atoms. The van der Waals surface area contributed by atoms with Gasteiger partial charge in [-0.05, 0) is 38.8 Å². The summed E-state index contributed by atoms with van der Waals surface area (Å²) in [7, 11) is -3.38. The topological polar surface area (TPSA) is 86.3 Å². The second kappa shape index (κ2) is 9.98. The van der Waals surface area contributed by atoms with Crippen molar-refractivity contribution in [2.75, 3.05) is 62.5 Å². The largest absolute Gasteiger partial charge is 0.379 e. The van der Waals surface area contributed by atoms with Gasteiger partial charge in [-0.3, -0.25) is 14.2 Å². The standard InChI is InChI=1S/C21H35N5O3S/c1-4-22-20(24-17-21(2,3)25-12-14-29-15-13-25)23-10-16-30(27,28)26-11-9-18-7-5-6-8-19(18)26/h5-8H,4,9-17H2,1-3H3,(H2,22,23,24). The Kier molecular flexibility index (Phi) is 7.60. The van der Waals surface area contributed by atoms with Crippen LogP contribution in [0.5, 0.6) is 0 Å². The molecule has 1 aromatic rings. The average Bonchev–Trinajstić information content (AvgIpc) is 3.18. The van der Waals surface area contributed by atoms with E-state index in [1.165, 1.54) is 4.31 Å². The maximum atomic E-state index is 12.9. The lowest BCUT2D eigenvalue weighted by Crippen LogP contribution is -2.52. The highest BCUT2D eigenvalue weighted by atomic mass is 32.2. The maximum absolute atomic E-state index is 12.9. The summed E-state index contributed by atoms with van der Waals surface area (Å²) in [6, 6.07) is 7.72. The number of rotatable bonds is 8. The summed E-state index contributed by atoms with van der Waals surface area (Å²) < 4.78 is 32.7. The second-order valence-corrected chi connectivity index (χ2v) is 10.3. The minimum absolute atomic E-state index is 0.0264. The van der Waals surface area contributed by atoms with Crippen molar-refractivity contribution in [1.29, 1.82) is 0 Å². The van der Waals surface area contributed by atoms with Gasteiger partial charge in [-0.25, -0.2) is 8.42 Å². The van der Waals surface area contributed by atoms with Crippen LogP contribution in [-0.4, -0.2) is 83.1 Å². The molecule has 8 nitrogen and oxygen atoms in total. The maximum Gasteiger partial charge on any atom is 0.236 e. The van der Waals surface area contributed by atoms with Crippen LogP contribution in [-0.2, 0) is 21.2 Å². The molecule has 1 saturated heterocycles. The summed E-state index contributed by atoms with van der Waals surface area (Å²) in [5.74, 6) is 0.675. The first-order valence-electron chi connectivity index (χ1n) is 10.8. The number of nitrogens with zero attached hydrogens (tertiary/aromatic N) is 3. The zero-order chi connectivity index (χ0) is 21.6. The number of hydrogen-bond donors (Lipinski definition) is 2. The van der Waals surface area contributed by atoms with Crippen molar-refractivity contribution in [2.24, 2.45) is 4.99 Å². The van der Waals surface area contributed by atoms with Gasteiger partial charge in [-0.1, -0.05) is 18.2 Å². The summed E-state index contributed by atoms with van der Waals surface area (Å²) in [6.07, 6.45) is 0.767. The molecule has 2 aliphatic rings. The first-order valence-corrected chi connectivity index (χ1v) is 12.4. The first-order chi connectivity index (χ1) is 14.3. The molecule has 0 aromatic heterocycles. The van der Waals surface area contributed by atoms with Crippen molar-refractivity contribution in [3.63, 3.8) is 0 Å². The number of anilines is 1. The Morgan fingerprint density at radius 1 is 1.17 bits per heavy atom. The van der Waals surface area contributed by atoms with E-state index in [-0.39, 0.29) is 11.3 Å². The Hall–Kier alpha value is -1.84. The number of para-hydroxylation sites is 1. The zero-order valence-electron chi connectivity index (χ0n) is 18.4.